The largest absolute Gasteiger partial charge is 0.431 e. The summed E-state index contributed by atoms with van der Waals surface area (Å²) < 4.78 is 7.69. The fraction of sp³-hybridized carbons (Fsp3) is 0.800. The minimum Gasteiger partial charge on any atom is -0.431 e. The minimum absolute atomic E-state index is 1.32. The standard InChI is InChI=1S/C6H14.2C2H3NO/c1-3-5-6-4-2;2*1-4-2-3/h3-6H2,1-2H3;2*1H3. The van der Waals surface area contributed by atoms with Crippen LogP contribution in [0.15, 0.2) is 0 Å². The molecule has 0 aliphatic heterocycles. The molecule has 14 heavy (non-hydrogen) atoms. The normalized spacial score (nSPS) is 6.14. The van der Waals surface area contributed by atoms with Crippen LogP contribution in [-0.4, -0.2) is 14.2 Å². The molecule has 0 spiro atoms. The van der Waals surface area contributed by atoms with Gasteiger partial charge in [0.1, 0.15) is 0 Å². The van der Waals surface area contributed by atoms with E-state index in [0.717, 1.165) is 0 Å². The Morgan fingerprint density at radius 1 is 0.857 bits per heavy atom. The van der Waals surface area contributed by atoms with Crippen LogP contribution in [0.2, 0.25) is 0 Å². The molecule has 0 saturated heterocycles. The number of unbranched alkanes of at least 4 members (excludes halogenated alkanes) is 3. The van der Waals surface area contributed by atoms with Gasteiger partial charge < -0.3 is 9.47 Å². The van der Waals surface area contributed by atoms with Gasteiger partial charge in [-0.15, -0.1) is 0 Å². The van der Waals surface area contributed by atoms with Crippen molar-refractivity contribution in [2.75, 3.05) is 14.2 Å². The molecule has 0 aromatic carbocycles. The third kappa shape index (κ3) is 75.8. The maximum Gasteiger partial charge on any atom is 0.286 e. The Labute approximate surface area is 87.0 Å². The molecule has 4 nitrogen and oxygen atoms in total. The predicted octanol–water partition coefficient (Wildman–Crippen LogP) is 2.81. The highest BCUT2D eigenvalue weighted by molar-refractivity contribution is 4.39. The first-order chi connectivity index (χ1) is 6.74. The predicted molar refractivity (Wildman–Crippen MR) is 55.1 cm³/mol. The first kappa shape index (κ1) is 18.4. The van der Waals surface area contributed by atoms with E-state index in [4.69, 9.17) is 10.5 Å². The third-order valence-corrected chi connectivity index (χ3v) is 1.14. The Bertz CT molecular complexity index is 129. The van der Waals surface area contributed by atoms with Crippen LogP contribution in [0, 0.1) is 23.0 Å². The molecule has 0 bridgehead atoms. The molecule has 0 aliphatic carbocycles. The maximum atomic E-state index is 7.40. The summed E-state index contributed by atoms with van der Waals surface area (Å²) in [5.41, 5.74) is 0. The van der Waals surface area contributed by atoms with Crippen LogP contribution in [0.3, 0.4) is 0 Å². The van der Waals surface area contributed by atoms with Gasteiger partial charge in [0, 0.05) is 0 Å². The summed E-state index contributed by atoms with van der Waals surface area (Å²) in [6.45, 7) is 4.46. The van der Waals surface area contributed by atoms with Gasteiger partial charge in [-0.05, 0) is 0 Å². The molecule has 0 N–H and O–H groups in total. The molecule has 0 atom stereocenters. The summed E-state index contributed by atoms with van der Waals surface area (Å²) in [5, 5.41) is 14.8. The number of hydrogen-bond donors (Lipinski definition) is 0. The summed E-state index contributed by atoms with van der Waals surface area (Å²) in [6.07, 6.45) is 8.40. The van der Waals surface area contributed by atoms with Crippen LogP contribution in [0.1, 0.15) is 39.5 Å². The number of methoxy groups -OCH3 is 2. The molecule has 0 aromatic rings. The monoisotopic (exact) mass is 200 g/mol. The number of nitriles is 2. The highest BCUT2D eigenvalue weighted by Crippen LogP contribution is 1.95. The van der Waals surface area contributed by atoms with Crippen molar-refractivity contribution in [3.8, 4) is 12.5 Å². The van der Waals surface area contributed by atoms with Crippen molar-refractivity contribution in [3.63, 3.8) is 0 Å². The zero-order chi connectivity index (χ0) is 11.7. The Hall–Kier alpha value is -1.42. The molecular weight excluding hydrogens is 180 g/mol. The SMILES string of the molecule is CCCCCC.COC#N.COC#N. The lowest BCUT2D eigenvalue weighted by Crippen LogP contribution is -1.66. The van der Waals surface area contributed by atoms with Gasteiger partial charge in [0.15, 0.2) is 0 Å². The lowest BCUT2D eigenvalue weighted by Gasteiger charge is -1.86. The Balaban J connectivity index is -0.000000135. The molecular formula is C10H20N2O2. The minimum atomic E-state index is 1.32. The molecule has 0 unspecified atom stereocenters. The summed E-state index contributed by atoms with van der Waals surface area (Å²) >= 11 is 0. The van der Waals surface area contributed by atoms with E-state index in [1.807, 2.05) is 0 Å². The van der Waals surface area contributed by atoms with E-state index < -0.39 is 0 Å². The molecule has 0 radical (unpaired) electrons. The van der Waals surface area contributed by atoms with Gasteiger partial charge in [0.2, 0.25) is 0 Å². The molecule has 0 aliphatic rings. The van der Waals surface area contributed by atoms with Crippen LogP contribution < -0.4 is 0 Å². The van der Waals surface area contributed by atoms with E-state index in [-0.39, 0.29) is 0 Å². The summed E-state index contributed by atoms with van der Waals surface area (Å²) in [4.78, 5) is 0. The quantitative estimate of drug-likeness (QED) is 0.519. The van der Waals surface area contributed by atoms with Gasteiger partial charge in [-0.25, -0.2) is 0 Å². The van der Waals surface area contributed by atoms with E-state index in [1.54, 1.807) is 0 Å². The summed E-state index contributed by atoms with van der Waals surface area (Å²) in [7, 11) is 2.64. The van der Waals surface area contributed by atoms with Gasteiger partial charge in [0.05, 0.1) is 14.2 Å². The van der Waals surface area contributed by atoms with Gasteiger partial charge in [-0.1, -0.05) is 39.5 Å². The van der Waals surface area contributed by atoms with Gasteiger partial charge >= 0.3 is 0 Å². The Morgan fingerprint density at radius 3 is 1.14 bits per heavy atom. The van der Waals surface area contributed by atoms with Crippen molar-refractivity contribution < 1.29 is 9.47 Å². The number of hydrogen-bond acceptors (Lipinski definition) is 4. The van der Waals surface area contributed by atoms with Gasteiger partial charge in [-0.2, -0.15) is 10.5 Å². The smallest absolute Gasteiger partial charge is 0.286 e. The van der Waals surface area contributed by atoms with Crippen molar-refractivity contribution in [1.82, 2.24) is 0 Å². The lowest BCUT2D eigenvalue weighted by molar-refractivity contribution is 0.362. The van der Waals surface area contributed by atoms with Crippen molar-refractivity contribution in [3.05, 3.63) is 0 Å². The summed E-state index contributed by atoms with van der Waals surface area (Å²) in [5.74, 6) is 0. The average Bonchev–Trinajstić information content (AvgIpc) is 2.27. The summed E-state index contributed by atoms with van der Waals surface area (Å²) in [6, 6.07) is 0. The van der Waals surface area contributed by atoms with Crippen LogP contribution in [0.5, 0.6) is 0 Å². The molecule has 0 fully saturated rings. The fourth-order valence-corrected chi connectivity index (χ4v) is 0.500. The van der Waals surface area contributed by atoms with Crippen LogP contribution in [0.4, 0.5) is 0 Å². The molecule has 0 aromatic heterocycles. The average molecular weight is 200 g/mol. The number of nitrogens with zero attached hydrogens (tertiary/aromatic N) is 2. The molecule has 0 rings (SSSR count). The molecule has 4 heteroatoms. The second kappa shape index (κ2) is 29.9. The van der Waals surface area contributed by atoms with E-state index in [2.05, 4.69) is 23.3 Å². The highest BCUT2D eigenvalue weighted by Gasteiger charge is 1.75. The Kier molecular flexibility index (Phi) is 39.3. The number of ether oxygens (including phenoxy) is 2. The van der Waals surface area contributed by atoms with E-state index in [1.165, 1.54) is 52.4 Å². The molecule has 0 saturated carbocycles. The number of rotatable bonds is 3. The third-order valence-electron chi connectivity index (χ3n) is 1.14. The van der Waals surface area contributed by atoms with Crippen LogP contribution >= 0.6 is 0 Å². The zero-order valence-electron chi connectivity index (χ0n) is 9.54. The van der Waals surface area contributed by atoms with E-state index in [0.29, 0.717) is 0 Å². The van der Waals surface area contributed by atoms with Gasteiger partial charge in [0.25, 0.3) is 12.5 Å². The van der Waals surface area contributed by atoms with E-state index >= 15 is 0 Å². The van der Waals surface area contributed by atoms with Crippen LogP contribution in [-0.2, 0) is 9.47 Å². The lowest BCUT2D eigenvalue weighted by atomic mass is 10.2. The highest BCUT2D eigenvalue weighted by atomic mass is 16.5. The molecule has 0 heterocycles. The van der Waals surface area contributed by atoms with Crippen molar-refractivity contribution in [2.45, 2.75) is 39.5 Å². The van der Waals surface area contributed by atoms with Crippen molar-refractivity contribution in [2.24, 2.45) is 0 Å². The van der Waals surface area contributed by atoms with Gasteiger partial charge in [-0.3, -0.25) is 0 Å². The van der Waals surface area contributed by atoms with Crippen molar-refractivity contribution in [1.29, 1.82) is 10.5 Å². The maximum absolute atomic E-state index is 7.40. The molecule has 0 amide bonds. The molecule has 82 valence electrons. The van der Waals surface area contributed by atoms with Crippen LogP contribution in [0.25, 0.3) is 0 Å². The van der Waals surface area contributed by atoms with E-state index in [9.17, 15) is 0 Å². The van der Waals surface area contributed by atoms with Crippen molar-refractivity contribution >= 4 is 0 Å². The second-order valence-electron chi connectivity index (χ2n) is 2.30. The first-order valence-corrected chi connectivity index (χ1v) is 4.59. The second-order valence-corrected chi connectivity index (χ2v) is 2.30. The topological polar surface area (TPSA) is 66.0 Å². The first-order valence-electron chi connectivity index (χ1n) is 4.59. The fourth-order valence-electron chi connectivity index (χ4n) is 0.500. The Morgan fingerprint density at radius 2 is 1.07 bits per heavy atom. The zero-order valence-corrected chi connectivity index (χ0v) is 9.54.